The van der Waals surface area contributed by atoms with E-state index in [4.69, 9.17) is 28.2 Å². The van der Waals surface area contributed by atoms with Gasteiger partial charge in [-0.1, -0.05) is 49.0 Å². The fourth-order valence-corrected chi connectivity index (χ4v) is 4.74. The average molecular weight is 430 g/mol. The van der Waals surface area contributed by atoms with Crippen LogP contribution in [-0.2, 0) is 13.5 Å². The van der Waals surface area contributed by atoms with Gasteiger partial charge in [-0.2, -0.15) is 0 Å². The molecule has 29 heavy (non-hydrogen) atoms. The molecule has 0 bridgehead atoms. The molecule has 2 heterocycles. The van der Waals surface area contributed by atoms with Gasteiger partial charge < -0.3 is 4.57 Å². The molecule has 0 unspecified atom stereocenters. The molecule has 0 atom stereocenters. The monoisotopic (exact) mass is 429 g/mol. The normalized spacial score (nSPS) is 19.6. The molecule has 1 saturated carbocycles. The van der Waals surface area contributed by atoms with Gasteiger partial charge in [0.05, 0.1) is 0 Å². The third kappa shape index (κ3) is 4.34. The number of imidazole rings is 1. The molecule has 0 saturated heterocycles. The van der Waals surface area contributed by atoms with E-state index in [0.29, 0.717) is 34.4 Å². The first kappa shape index (κ1) is 20.4. The van der Waals surface area contributed by atoms with Gasteiger partial charge in [0.2, 0.25) is 0 Å². The Balaban J connectivity index is 1.56. The van der Waals surface area contributed by atoms with Crippen molar-refractivity contribution >= 4 is 40.1 Å². The Labute approximate surface area is 181 Å². The van der Waals surface area contributed by atoms with E-state index in [9.17, 15) is 4.79 Å². The minimum atomic E-state index is 0.167. The number of benzene rings is 1. The zero-order valence-electron chi connectivity index (χ0n) is 16.8. The standard InChI is InChI=1S/C23H25Cl2N3O/c1-14-6-8-15(9-7-14)10-21(29)16-11-20-23(26-13-16)28(2)22(27-20)12-17-18(24)4-3-5-19(17)25/h3-5,11,13-15H,6-10,12H2,1-2H3. The van der Waals surface area contributed by atoms with Gasteiger partial charge in [0.25, 0.3) is 0 Å². The van der Waals surface area contributed by atoms with Crippen molar-refractivity contribution in [1.82, 2.24) is 14.5 Å². The van der Waals surface area contributed by atoms with E-state index >= 15 is 0 Å². The number of aryl methyl sites for hydroxylation is 1. The van der Waals surface area contributed by atoms with Crippen LogP contribution in [0.1, 0.15) is 60.8 Å². The topological polar surface area (TPSA) is 47.8 Å². The number of fused-ring (bicyclic) bond motifs is 1. The van der Waals surface area contributed by atoms with Gasteiger partial charge >= 0.3 is 0 Å². The molecule has 4 nitrogen and oxygen atoms in total. The van der Waals surface area contributed by atoms with E-state index in [1.54, 1.807) is 6.20 Å². The predicted octanol–water partition coefficient (Wildman–Crippen LogP) is 6.27. The number of pyridine rings is 1. The minimum absolute atomic E-state index is 0.167. The molecule has 6 heteroatoms. The lowest BCUT2D eigenvalue weighted by molar-refractivity contribution is 0.0944. The summed E-state index contributed by atoms with van der Waals surface area (Å²) in [4.78, 5) is 22.0. The van der Waals surface area contributed by atoms with Crippen LogP contribution in [0.25, 0.3) is 11.2 Å². The van der Waals surface area contributed by atoms with Gasteiger partial charge in [-0.3, -0.25) is 4.79 Å². The maximum atomic E-state index is 12.8. The van der Waals surface area contributed by atoms with Crippen molar-refractivity contribution in [2.75, 3.05) is 0 Å². The number of rotatable bonds is 5. The van der Waals surface area contributed by atoms with Crippen molar-refractivity contribution in [3.05, 3.63) is 57.5 Å². The number of carbonyl (C=O) groups is 1. The molecule has 0 aliphatic heterocycles. The fourth-order valence-electron chi connectivity index (χ4n) is 4.21. The zero-order valence-corrected chi connectivity index (χ0v) is 18.3. The van der Waals surface area contributed by atoms with Gasteiger partial charge in [-0.25, -0.2) is 9.97 Å². The Morgan fingerprint density at radius 3 is 2.55 bits per heavy atom. The number of carbonyl (C=O) groups excluding carboxylic acids is 1. The number of Topliss-reactive ketones (excluding diaryl/α,β-unsaturated/α-hetero) is 1. The summed E-state index contributed by atoms with van der Waals surface area (Å²) in [6.07, 6.45) is 7.55. The van der Waals surface area contributed by atoms with Crippen LogP contribution in [0.3, 0.4) is 0 Å². The molecule has 0 N–H and O–H groups in total. The molecule has 0 radical (unpaired) electrons. The average Bonchev–Trinajstić information content (AvgIpc) is 3.01. The van der Waals surface area contributed by atoms with Crippen molar-refractivity contribution in [1.29, 1.82) is 0 Å². The molecule has 152 valence electrons. The van der Waals surface area contributed by atoms with Crippen molar-refractivity contribution in [2.24, 2.45) is 18.9 Å². The van der Waals surface area contributed by atoms with Crippen LogP contribution in [0.2, 0.25) is 10.0 Å². The summed E-state index contributed by atoms with van der Waals surface area (Å²) < 4.78 is 1.94. The maximum Gasteiger partial charge on any atom is 0.164 e. The van der Waals surface area contributed by atoms with Crippen LogP contribution < -0.4 is 0 Å². The molecule has 1 fully saturated rings. The lowest BCUT2D eigenvalue weighted by atomic mass is 9.80. The van der Waals surface area contributed by atoms with Gasteiger partial charge in [-0.15, -0.1) is 0 Å². The molecule has 0 spiro atoms. The van der Waals surface area contributed by atoms with E-state index < -0.39 is 0 Å². The summed E-state index contributed by atoms with van der Waals surface area (Å²) in [5, 5.41) is 1.24. The Hall–Kier alpha value is -1.91. The van der Waals surface area contributed by atoms with Crippen LogP contribution in [0.5, 0.6) is 0 Å². The van der Waals surface area contributed by atoms with E-state index in [2.05, 4.69) is 11.9 Å². The number of nitrogens with zero attached hydrogens (tertiary/aromatic N) is 3. The van der Waals surface area contributed by atoms with Crippen LogP contribution in [0.15, 0.2) is 30.5 Å². The maximum absolute atomic E-state index is 12.8. The Morgan fingerprint density at radius 2 is 1.86 bits per heavy atom. The Morgan fingerprint density at radius 1 is 1.17 bits per heavy atom. The summed E-state index contributed by atoms with van der Waals surface area (Å²) >= 11 is 12.6. The van der Waals surface area contributed by atoms with Crippen LogP contribution in [0.4, 0.5) is 0 Å². The second-order valence-electron chi connectivity index (χ2n) is 8.28. The van der Waals surface area contributed by atoms with Crippen molar-refractivity contribution < 1.29 is 4.79 Å². The molecule has 4 rings (SSSR count). The van der Waals surface area contributed by atoms with Gasteiger partial charge in [0.1, 0.15) is 11.3 Å². The van der Waals surface area contributed by atoms with Crippen molar-refractivity contribution in [2.45, 2.75) is 45.4 Å². The third-order valence-electron chi connectivity index (χ3n) is 6.13. The second kappa shape index (κ2) is 8.45. The summed E-state index contributed by atoms with van der Waals surface area (Å²) in [6.45, 7) is 2.30. The SMILES string of the molecule is CC1CCC(CC(=O)c2cnc3c(c2)nc(Cc2c(Cl)cccc2Cl)n3C)CC1. The first-order valence-electron chi connectivity index (χ1n) is 10.2. The van der Waals surface area contributed by atoms with Crippen LogP contribution >= 0.6 is 23.2 Å². The number of halogens is 2. The molecule has 1 aromatic carbocycles. The highest BCUT2D eigenvalue weighted by molar-refractivity contribution is 6.36. The predicted molar refractivity (Wildman–Crippen MR) is 118 cm³/mol. The van der Waals surface area contributed by atoms with Crippen molar-refractivity contribution in [3.8, 4) is 0 Å². The van der Waals surface area contributed by atoms with Gasteiger partial charge in [0.15, 0.2) is 11.4 Å². The molecule has 3 aromatic rings. The van der Waals surface area contributed by atoms with E-state index in [1.165, 1.54) is 12.8 Å². The molecule has 1 aliphatic rings. The summed E-state index contributed by atoms with van der Waals surface area (Å²) in [6, 6.07) is 7.35. The summed E-state index contributed by atoms with van der Waals surface area (Å²) in [7, 11) is 1.92. The van der Waals surface area contributed by atoms with Gasteiger partial charge in [-0.05, 0) is 48.4 Å². The van der Waals surface area contributed by atoms with Crippen LogP contribution in [0, 0.1) is 11.8 Å². The smallest absolute Gasteiger partial charge is 0.164 e. The zero-order chi connectivity index (χ0) is 20.5. The first-order chi connectivity index (χ1) is 13.9. The van der Waals surface area contributed by atoms with Gasteiger partial charge in [0, 0.05) is 41.7 Å². The molecule has 2 aromatic heterocycles. The number of hydrogen-bond donors (Lipinski definition) is 0. The lowest BCUT2D eigenvalue weighted by Gasteiger charge is -2.25. The highest BCUT2D eigenvalue weighted by atomic mass is 35.5. The Bertz CT molecular complexity index is 1030. The van der Waals surface area contributed by atoms with E-state index in [-0.39, 0.29) is 5.78 Å². The largest absolute Gasteiger partial charge is 0.316 e. The number of aromatic nitrogens is 3. The summed E-state index contributed by atoms with van der Waals surface area (Å²) in [5.41, 5.74) is 2.98. The second-order valence-corrected chi connectivity index (χ2v) is 9.10. The third-order valence-corrected chi connectivity index (χ3v) is 6.84. The molecular weight excluding hydrogens is 405 g/mol. The molecule has 1 aliphatic carbocycles. The first-order valence-corrected chi connectivity index (χ1v) is 11.0. The van der Waals surface area contributed by atoms with E-state index in [1.807, 2.05) is 35.9 Å². The van der Waals surface area contributed by atoms with E-state index in [0.717, 1.165) is 41.3 Å². The van der Waals surface area contributed by atoms with Crippen molar-refractivity contribution in [3.63, 3.8) is 0 Å². The molecular formula is C23H25Cl2N3O. The highest BCUT2D eigenvalue weighted by Gasteiger charge is 2.22. The Kier molecular flexibility index (Phi) is 5.93. The minimum Gasteiger partial charge on any atom is -0.316 e. The lowest BCUT2D eigenvalue weighted by Crippen LogP contribution is -2.16. The quantitative estimate of drug-likeness (QED) is 0.449. The highest BCUT2D eigenvalue weighted by Crippen LogP contribution is 2.31. The number of ketones is 1. The van der Waals surface area contributed by atoms with Crippen LogP contribution in [-0.4, -0.2) is 20.3 Å². The summed E-state index contributed by atoms with van der Waals surface area (Å²) in [5.74, 6) is 2.27. The molecule has 0 amide bonds. The number of hydrogen-bond acceptors (Lipinski definition) is 3. The fraction of sp³-hybridized carbons (Fsp3) is 0.435.